The molecular weight excluding hydrogens is 182 g/mol. The lowest BCUT2D eigenvalue weighted by molar-refractivity contribution is 0.364. The van der Waals surface area contributed by atoms with Gasteiger partial charge in [-0.3, -0.25) is 0 Å². The Balaban J connectivity index is 1.79. The maximum Gasteiger partial charge on any atom is 0.0101 e. The summed E-state index contributed by atoms with van der Waals surface area (Å²) in [6.45, 7) is 8.09. The average molecular weight is 209 g/mol. The molecule has 2 aliphatic carbocycles. The molecule has 0 spiro atoms. The Labute approximate surface area is 95.0 Å². The van der Waals surface area contributed by atoms with Crippen molar-refractivity contribution in [1.82, 2.24) is 5.32 Å². The Hall–Kier alpha value is -0.0400. The molecule has 1 N–H and O–H groups in total. The summed E-state index contributed by atoms with van der Waals surface area (Å²) in [6, 6.07) is 0.840. The Morgan fingerprint density at radius 3 is 2.33 bits per heavy atom. The van der Waals surface area contributed by atoms with Gasteiger partial charge in [-0.2, -0.15) is 0 Å². The van der Waals surface area contributed by atoms with E-state index in [0.717, 1.165) is 36.3 Å². The van der Waals surface area contributed by atoms with Crippen LogP contribution in [0.4, 0.5) is 0 Å². The summed E-state index contributed by atoms with van der Waals surface area (Å²) in [5.41, 5.74) is 0. The van der Waals surface area contributed by atoms with Crippen LogP contribution in [0.25, 0.3) is 0 Å². The van der Waals surface area contributed by atoms with E-state index in [9.17, 15) is 0 Å². The minimum absolute atomic E-state index is 0.840. The van der Waals surface area contributed by atoms with Crippen LogP contribution in [-0.2, 0) is 0 Å². The maximum absolute atomic E-state index is 3.73. The summed E-state index contributed by atoms with van der Waals surface area (Å²) in [7, 11) is 0. The predicted octanol–water partition coefficient (Wildman–Crippen LogP) is 3.45. The molecule has 0 amide bonds. The van der Waals surface area contributed by atoms with Gasteiger partial charge < -0.3 is 5.32 Å². The molecule has 1 heteroatoms. The third kappa shape index (κ3) is 2.55. The highest BCUT2D eigenvalue weighted by Crippen LogP contribution is 2.59. The zero-order chi connectivity index (χ0) is 10.8. The Morgan fingerprint density at radius 1 is 1.13 bits per heavy atom. The lowest BCUT2D eigenvalue weighted by Gasteiger charge is -2.20. The maximum atomic E-state index is 3.73. The molecule has 1 nitrogen and oxygen atoms in total. The van der Waals surface area contributed by atoms with Gasteiger partial charge in [0.15, 0.2) is 0 Å². The van der Waals surface area contributed by atoms with E-state index in [-0.39, 0.29) is 0 Å². The molecule has 2 fully saturated rings. The zero-order valence-corrected chi connectivity index (χ0v) is 10.6. The lowest BCUT2D eigenvalue weighted by atomic mass is 9.96. The van der Waals surface area contributed by atoms with Gasteiger partial charge in [0, 0.05) is 6.04 Å². The molecule has 88 valence electrons. The van der Waals surface area contributed by atoms with Gasteiger partial charge in [-0.1, -0.05) is 27.2 Å². The molecule has 0 aliphatic heterocycles. The highest BCUT2D eigenvalue weighted by atomic mass is 14.9. The van der Waals surface area contributed by atoms with Crippen LogP contribution >= 0.6 is 0 Å². The fourth-order valence-corrected chi connectivity index (χ4v) is 3.68. The van der Waals surface area contributed by atoms with Crippen molar-refractivity contribution < 1.29 is 0 Å². The average Bonchev–Trinajstić information content (AvgIpc) is 2.68. The number of fused-ring (bicyclic) bond motifs is 1. The smallest absolute Gasteiger partial charge is 0.0101 e. The van der Waals surface area contributed by atoms with Crippen molar-refractivity contribution in [2.24, 2.45) is 23.7 Å². The van der Waals surface area contributed by atoms with Crippen LogP contribution in [0.3, 0.4) is 0 Å². The van der Waals surface area contributed by atoms with Gasteiger partial charge in [-0.05, 0) is 55.9 Å². The molecule has 0 aromatic heterocycles. The predicted molar refractivity (Wildman–Crippen MR) is 65.9 cm³/mol. The van der Waals surface area contributed by atoms with Gasteiger partial charge in [0.05, 0.1) is 0 Å². The van der Waals surface area contributed by atoms with Gasteiger partial charge in [0.25, 0.3) is 0 Å². The Kier molecular flexibility index (Phi) is 3.71. The fraction of sp³-hybridized carbons (Fsp3) is 1.00. The second-order valence-electron chi connectivity index (χ2n) is 5.97. The van der Waals surface area contributed by atoms with Crippen LogP contribution in [0.1, 0.15) is 52.9 Å². The summed E-state index contributed by atoms with van der Waals surface area (Å²) < 4.78 is 0. The van der Waals surface area contributed by atoms with Gasteiger partial charge >= 0.3 is 0 Å². The van der Waals surface area contributed by atoms with Crippen LogP contribution < -0.4 is 5.32 Å². The molecular formula is C14H27N. The lowest BCUT2D eigenvalue weighted by Crippen LogP contribution is -2.32. The molecule has 3 atom stereocenters. The first-order chi connectivity index (χ1) is 7.24. The molecule has 3 unspecified atom stereocenters. The first kappa shape index (κ1) is 11.4. The summed E-state index contributed by atoms with van der Waals surface area (Å²) >= 11 is 0. The van der Waals surface area contributed by atoms with E-state index in [4.69, 9.17) is 0 Å². The van der Waals surface area contributed by atoms with Crippen LogP contribution in [0.2, 0.25) is 0 Å². The summed E-state index contributed by atoms with van der Waals surface area (Å²) in [5, 5.41) is 3.73. The SMILES string of the molecule is CCNC(CCC(C)C)C1C2CCCC21. The van der Waals surface area contributed by atoms with Crippen LogP contribution in [0, 0.1) is 23.7 Å². The number of nitrogens with one attached hydrogen (secondary N) is 1. The van der Waals surface area contributed by atoms with E-state index < -0.39 is 0 Å². The Bertz CT molecular complexity index is 190. The summed E-state index contributed by atoms with van der Waals surface area (Å²) in [5.74, 6) is 4.14. The number of hydrogen-bond acceptors (Lipinski definition) is 1. The van der Waals surface area contributed by atoms with Crippen LogP contribution in [-0.4, -0.2) is 12.6 Å². The molecule has 2 aliphatic rings. The number of rotatable bonds is 6. The van der Waals surface area contributed by atoms with Crippen molar-refractivity contribution in [2.45, 2.75) is 58.9 Å². The highest BCUT2D eigenvalue weighted by Gasteiger charge is 2.55. The van der Waals surface area contributed by atoms with Crippen LogP contribution in [0.5, 0.6) is 0 Å². The second kappa shape index (κ2) is 4.86. The molecule has 0 aromatic rings. The van der Waals surface area contributed by atoms with Gasteiger partial charge in [0.2, 0.25) is 0 Å². The van der Waals surface area contributed by atoms with Gasteiger partial charge in [-0.15, -0.1) is 0 Å². The topological polar surface area (TPSA) is 12.0 Å². The van der Waals surface area contributed by atoms with Gasteiger partial charge in [-0.25, -0.2) is 0 Å². The Morgan fingerprint density at radius 2 is 1.80 bits per heavy atom. The van der Waals surface area contributed by atoms with E-state index in [2.05, 4.69) is 26.1 Å². The van der Waals surface area contributed by atoms with Crippen molar-refractivity contribution >= 4 is 0 Å². The monoisotopic (exact) mass is 209 g/mol. The first-order valence-corrected chi connectivity index (χ1v) is 6.97. The fourth-order valence-electron chi connectivity index (χ4n) is 3.68. The third-order valence-electron chi connectivity index (χ3n) is 4.46. The quantitative estimate of drug-likeness (QED) is 0.706. The van der Waals surface area contributed by atoms with Crippen molar-refractivity contribution in [3.05, 3.63) is 0 Å². The largest absolute Gasteiger partial charge is 0.314 e. The van der Waals surface area contributed by atoms with Crippen molar-refractivity contribution in [3.63, 3.8) is 0 Å². The summed E-state index contributed by atoms with van der Waals surface area (Å²) in [6.07, 6.45) is 7.36. The van der Waals surface area contributed by atoms with E-state index in [0.29, 0.717) is 0 Å². The van der Waals surface area contributed by atoms with Crippen molar-refractivity contribution in [2.75, 3.05) is 6.54 Å². The minimum Gasteiger partial charge on any atom is -0.314 e. The minimum atomic E-state index is 0.840. The molecule has 0 heterocycles. The van der Waals surface area contributed by atoms with Gasteiger partial charge in [0.1, 0.15) is 0 Å². The molecule has 0 radical (unpaired) electrons. The zero-order valence-electron chi connectivity index (χ0n) is 10.6. The van der Waals surface area contributed by atoms with Crippen LogP contribution in [0.15, 0.2) is 0 Å². The third-order valence-corrected chi connectivity index (χ3v) is 4.46. The van der Waals surface area contributed by atoms with E-state index >= 15 is 0 Å². The molecule has 2 rings (SSSR count). The standard InChI is InChI=1S/C14H27N/c1-4-15-13(9-8-10(2)3)14-11-6-5-7-12(11)14/h10-15H,4-9H2,1-3H3. The van der Waals surface area contributed by atoms with Crippen molar-refractivity contribution in [1.29, 1.82) is 0 Å². The molecule has 0 aromatic carbocycles. The molecule has 0 saturated heterocycles. The first-order valence-electron chi connectivity index (χ1n) is 6.97. The summed E-state index contributed by atoms with van der Waals surface area (Å²) in [4.78, 5) is 0. The highest BCUT2D eigenvalue weighted by molar-refractivity contribution is 5.06. The molecule has 15 heavy (non-hydrogen) atoms. The van der Waals surface area contributed by atoms with E-state index in [1.54, 1.807) is 0 Å². The number of hydrogen-bond donors (Lipinski definition) is 1. The second-order valence-corrected chi connectivity index (χ2v) is 5.97. The molecule has 0 bridgehead atoms. The van der Waals surface area contributed by atoms with E-state index in [1.165, 1.54) is 32.1 Å². The molecule has 2 saturated carbocycles. The van der Waals surface area contributed by atoms with Crippen molar-refractivity contribution in [3.8, 4) is 0 Å². The van der Waals surface area contributed by atoms with E-state index in [1.807, 2.05) is 0 Å². The normalized spacial score (nSPS) is 35.6.